The van der Waals surface area contributed by atoms with Gasteiger partial charge in [0, 0.05) is 0 Å². The molecule has 0 aliphatic heterocycles. The summed E-state index contributed by atoms with van der Waals surface area (Å²) in [6.45, 7) is 6.52. The van der Waals surface area contributed by atoms with E-state index in [0.717, 1.165) is 12.2 Å². The Bertz CT molecular complexity index is 707. The van der Waals surface area contributed by atoms with E-state index < -0.39 is 7.82 Å². The summed E-state index contributed by atoms with van der Waals surface area (Å²) in [5.74, 6) is 0.956. The summed E-state index contributed by atoms with van der Waals surface area (Å²) in [6, 6.07) is 8.27. The predicted molar refractivity (Wildman–Crippen MR) is 144 cm³/mol. The monoisotopic (exact) mass is 586 g/mol. The number of unbranched alkanes of at least 4 members (excludes halogenated alkanes) is 6. The molecule has 1 aromatic carbocycles. The number of hydrogen-bond acceptors (Lipinski definition) is 9. The van der Waals surface area contributed by atoms with Crippen LogP contribution >= 0.6 is 7.82 Å². The summed E-state index contributed by atoms with van der Waals surface area (Å²) in [5.41, 5.74) is 1.27. The second kappa shape index (κ2) is 28.1. The van der Waals surface area contributed by atoms with Crippen LogP contribution in [0.4, 0.5) is 0 Å². The van der Waals surface area contributed by atoms with Crippen LogP contribution < -0.4 is 39.2 Å². The Balaban J connectivity index is 0.0000144. The third-order valence-corrected chi connectivity index (χ3v) is 5.99. The Kier molecular flexibility index (Phi) is 28.0. The summed E-state index contributed by atoms with van der Waals surface area (Å²) in [7, 11) is -4.68. The van der Waals surface area contributed by atoms with Crippen LogP contribution in [-0.2, 0) is 39.2 Å². The van der Waals surface area contributed by atoms with Crippen molar-refractivity contribution in [1.29, 1.82) is 0 Å². The van der Waals surface area contributed by atoms with E-state index in [4.69, 9.17) is 33.3 Å². The Morgan fingerprint density at radius 1 is 0.667 bits per heavy atom. The number of ether oxygens (including phenoxy) is 6. The van der Waals surface area contributed by atoms with Gasteiger partial charge in [-0.15, -0.1) is 0 Å². The standard InChI is InChI=1S/C27H49O10P.Na/c1-2-3-4-5-6-7-8-11-26-12-9-10-13-27(26)36-24-22-34-20-18-32-16-14-31-15-17-33-19-21-35-23-25-37-38(28,29)30;/h9-10,12-13H,2-8,11,14-25H2,1H3,(H2,28,29,30);/q;+1/p-1. The summed E-state index contributed by atoms with van der Waals surface area (Å²) >= 11 is 0. The van der Waals surface area contributed by atoms with Crippen molar-refractivity contribution < 1.29 is 76.9 Å². The molecule has 39 heavy (non-hydrogen) atoms. The van der Waals surface area contributed by atoms with E-state index in [-0.39, 0.29) is 49.4 Å². The molecular formula is C27H48NaO10P. The van der Waals surface area contributed by atoms with E-state index in [1.165, 1.54) is 50.5 Å². The van der Waals surface area contributed by atoms with E-state index in [2.05, 4.69) is 23.6 Å². The molecule has 0 amide bonds. The first kappa shape index (κ1) is 38.9. The van der Waals surface area contributed by atoms with Crippen LogP contribution in [-0.4, -0.2) is 84.2 Å². The van der Waals surface area contributed by atoms with E-state index >= 15 is 0 Å². The summed E-state index contributed by atoms with van der Waals surface area (Å²) in [4.78, 5) is 18.8. The van der Waals surface area contributed by atoms with E-state index in [1.807, 2.05) is 12.1 Å². The Morgan fingerprint density at radius 2 is 1.10 bits per heavy atom. The average molecular weight is 587 g/mol. The van der Waals surface area contributed by atoms with Gasteiger partial charge in [0.05, 0.1) is 72.7 Å². The molecule has 0 spiro atoms. The van der Waals surface area contributed by atoms with Crippen molar-refractivity contribution in [2.24, 2.45) is 0 Å². The average Bonchev–Trinajstić information content (AvgIpc) is 2.89. The van der Waals surface area contributed by atoms with Crippen molar-refractivity contribution in [3.63, 3.8) is 0 Å². The predicted octanol–water partition coefficient (Wildman–Crippen LogP) is 0.923. The minimum Gasteiger partial charge on any atom is -0.756 e. The minimum absolute atomic E-state index is 0. The maximum Gasteiger partial charge on any atom is 1.00 e. The van der Waals surface area contributed by atoms with Crippen LogP contribution in [0, 0.1) is 0 Å². The topological polar surface area (TPSA) is 125 Å². The molecule has 0 aliphatic rings. The normalized spacial score (nSPS) is 12.7. The molecule has 0 fully saturated rings. The Morgan fingerprint density at radius 3 is 1.62 bits per heavy atom. The van der Waals surface area contributed by atoms with Gasteiger partial charge in [0.2, 0.25) is 0 Å². The molecular weight excluding hydrogens is 538 g/mol. The van der Waals surface area contributed by atoms with Gasteiger partial charge < -0.3 is 42.7 Å². The Labute approximate surface area is 256 Å². The van der Waals surface area contributed by atoms with Gasteiger partial charge in [-0.2, -0.15) is 0 Å². The Hall–Kier alpha value is -0.0700. The molecule has 1 unspecified atom stereocenters. The fraction of sp³-hybridized carbons (Fsp3) is 0.778. The van der Waals surface area contributed by atoms with Crippen LogP contribution in [0.15, 0.2) is 24.3 Å². The number of phosphoric acid groups is 1. The molecule has 12 heteroatoms. The van der Waals surface area contributed by atoms with Gasteiger partial charge in [0.1, 0.15) is 12.4 Å². The number of benzene rings is 1. The first-order valence-electron chi connectivity index (χ1n) is 13.8. The zero-order valence-electron chi connectivity index (χ0n) is 24.0. The van der Waals surface area contributed by atoms with Gasteiger partial charge in [-0.1, -0.05) is 63.6 Å². The van der Waals surface area contributed by atoms with Crippen molar-refractivity contribution in [1.82, 2.24) is 0 Å². The van der Waals surface area contributed by atoms with Gasteiger partial charge in [0.15, 0.2) is 0 Å². The summed E-state index contributed by atoms with van der Waals surface area (Å²) in [6.07, 6.45) is 10.2. The molecule has 0 saturated carbocycles. The first-order valence-corrected chi connectivity index (χ1v) is 15.3. The van der Waals surface area contributed by atoms with Crippen LogP contribution in [0.3, 0.4) is 0 Å². The van der Waals surface area contributed by atoms with E-state index in [1.54, 1.807) is 0 Å². The smallest absolute Gasteiger partial charge is 0.756 e. The minimum atomic E-state index is -4.68. The molecule has 1 aromatic rings. The molecule has 10 nitrogen and oxygen atoms in total. The zero-order valence-corrected chi connectivity index (χ0v) is 26.9. The van der Waals surface area contributed by atoms with Crippen molar-refractivity contribution in [2.45, 2.75) is 58.3 Å². The molecule has 1 N–H and O–H groups in total. The zero-order chi connectivity index (χ0) is 27.6. The molecule has 1 rings (SSSR count). The number of hydrogen-bond donors (Lipinski definition) is 1. The summed E-state index contributed by atoms with van der Waals surface area (Å²) in [5, 5.41) is 0. The van der Waals surface area contributed by atoms with Crippen molar-refractivity contribution in [3.8, 4) is 5.75 Å². The summed E-state index contributed by atoms with van der Waals surface area (Å²) < 4.78 is 47.3. The molecule has 0 bridgehead atoms. The fourth-order valence-electron chi connectivity index (χ4n) is 3.53. The van der Waals surface area contributed by atoms with Crippen molar-refractivity contribution in [3.05, 3.63) is 29.8 Å². The van der Waals surface area contributed by atoms with Gasteiger partial charge in [-0.3, -0.25) is 4.57 Å². The third-order valence-electron chi connectivity index (χ3n) is 5.48. The fourth-order valence-corrected chi connectivity index (χ4v) is 3.83. The molecule has 0 saturated heterocycles. The van der Waals surface area contributed by atoms with Gasteiger partial charge in [0.25, 0.3) is 7.82 Å². The van der Waals surface area contributed by atoms with Crippen LogP contribution in [0.25, 0.3) is 0 Å². The van der Waals surface area contributed by atoms with Crippen LogP contribution in [0.1, 0.15) is 57.4 Å². The van der Waals surface area contributed by atoms with E-state index in [0.29, 0.717) is 59.5 Å². The maximum atomic E-state index is 10.4. The maximum absolute atomic E-state index is 10.4. The second-order valence-electron chi connectivity index (χ2n) is 8.69. The second-order valence-corrected chi connectivity index (χ2v) is 9.89. The van der Waals surface area contributed by atoms with Gasteiger partial charge in [-0.25, -0.2) is 0 Å². The number of rotatable bonds is 28. The van der Waals surface area contributed by atoms with E-state index in [9.17, 15) is 9.46 Å². The molecule has 0 heterocycles. The number of aryl methyl sites for hydroxylation is 1. The number of para-hydroxylation sites is 1. The first-order chi connectivity index (χ1) is 18.5. The van der Waals surface area contributed by atoms with Crippen molar-refractivity contribution in [2.75, 3.05) is 79.3 Å². The largest absolute Gasteiger partial charge is 1.00 e. The molecule has 0 aromatic heterocycles. The van der Waals surface area contributed by atoms with Crippen LogP contribution in [0.2, 0.25) is 0 Å². The quantitative estimate of drug-likeness (QED) is 0.0861. The van der Waals surface area contributed by atoms with Gasteiger partial charge >= 0.3 is 29.6 Å². The van der Waals surface area contributed by atoms with Gasteiger partial charge in [-0.05, 0) is 24.5 Å². The SMILES string of the molecule is CCCCCCCCCc1ccccc1OCCOCCOCCOCCOCCOCCOP(=O)([O-])O.[Na+]. The van der Waals surface area contributed by atoms with Crippen LogP contribution in [0.5, 0.6) is 5.75 Å². The number of phosphoric ester groups is 1. The van der Waals surface area contributed by atoms with Crippen molar-refractivity contribution >= 4 is 7.82 Å². The molecule has 1 atom stereocenters. The molecule has 0 aliphatic carbocycles. The third kappa shape index (κ3) is 26.6. The molecule has 0 radical (unpaired) electrons. The molecule has 222 valence electrons.